The van der Waals surface area contributed by atoms with Gasteiger partial charge in [-0.1, -0.05) is 97.2 Å². The van der Waals surface area contributed by atoms with Crippen molar-refractivity contribution in [1.82, 2.24) is 25.5 Å². The van der Waals surface area contributed by atoms with Crippen molar-refractivity contribution in [3.63, 3.8) is 0 Å². The number of amides is 1. The highest BCUT2D eigenvalue weighted by atomic mass is 35.5. The Morgan fingerprint density at radius 3 is 2.02 bits per heavy atom. The molecule has 2 atom stereocenters. The van der Waals surface area contributed by atoms with Crippen LogP contribution in [0.1, 0.15) is 68.5 Å². The Morgan fingerprint density at radius 1 is 0.925 bits per heavy atom. The highest BCUT2D eigenvalue weighted by Gasteiger charge is 2.60. The monoisotopic (exact) mass is 595 g/mol. The number of benzene rings is 3. The van der Waals surface area contributed by atoms with Gasteiger partial charge in [0.15, 0.2) is 5.82 Å². The van der Waals surface area contributed by atoms with Gasteiger partial charge in [-0.15, -0.1) is 10.2 Å². The molecule has 0 spiro atoms. The molecule has 40 heavy (non-hydrogen) atoms. The fraction of sp³-hybridized carbons (Fsp3) is 0.355. The van der Waals surface area contributed by atoms with E-state index in [4.69, 9.17) is 34.8 Å². The average molecular weight is 597 g/mol. The number of hydrogen-bond donors (Lipinski definition) is 1. The van der Waals surface area contributed by atoms with E-state index in [0.717, 1.165) is 29.5 Å². The lowest BCUT2D eigenvalue weighted by Gasteiger charge is -2.59. The van der Waals surface area contributed by atoms with Crippen LogP contribution in [0.3, 0.4) is 0 Å². The third-order valence-electron chi connectivity index (χ3n) is 8.34. The predicted molar refractivity (Wildman–Crippen MR) is 160 cm³/mol. The molecule has 6 nitrogen and oxygen atoms in total. The third kappa shape index (κ3) is 5.02. The Balaban J connectivity index is 1.87. The summed E-state index contributed by atoms with van der Waals surface area (Å²) in [5.74, 6) is 0.383. The lowest BCUT2D eigenvalue weighted by Crippen LogP contribution is -2.65. The highest BCUT2D eigenvalue weighted by molar-refractivity contribution is 6.31. The number of hydrogen-bond acceptors (Lipinski definition) is 4. The summed E-state index contributed by atoms with van der Waals surface area (Å²) in [4.78, 5) is 17.2. The molecule has 1 fully saturated rings. The smallest absolute Gasteiger partial charge is 0.230 e. The number of carbonyl (C=O) groups is 1. The number of piperidine rings is 1. The van der Waals surface area contributed by atoms with E-state index in [0.29, 0.717) is 33.7 Å². The van der Waals surface area contributed by atoms with Gasteiger partial charge in [-0.05, 0) is 72.4 Å². The first-order valence-electron chi connectivity index (χ1n) is 13.6. The highest BCUT2D eigenvalue weighted by Crippen LogP contribution is 2.58. The zero-order valence-corrected chi connectivity index (χ0v) is 25.0. The van der Waals surface area contributed by atoms with E-state index in [1.54, 1.807) is 0 Å². The molecule has 1 N–H and O–H groups in total. The summed E-state index contributed by atoms with van der Waals surface area (Å²) in [6.45, 7) is 6.29. The summed E-state index contributed by atoms with van der Waals surface area (Å²) in [5, 5.41) is 16.6. The Bertz CT molecular complexity index is 1410. The second-order valence-electron chi connectivity index (χ2n) is 10.8. The molecule has 1 aliphatic heterocycles. The normalized spacial score (nSPS) is 20.7. The number of likely N-dealkylation sites (tertiary alicyclic amines) is 1. The minimum absolute atomic E-state index is 0.0502. The van der Waals surface area contributed by atoms with Crippen LogP contribution >= 0.6 is 34.8 Å². The van der Waals surface area contributed by atoms with Gasteiger partial charge in [-0.25, -0.2) is 0 Å². The lowest BCUT2D eigenvalue weighted by molar-refractivity contribution is -0.161. The van der Waals surface area contributed by atoms with Gasteiger partial charge >= 0.3 is 0 Å². The molecule has 0 radical (unpaired) electrons. The lowest BCUT2D eigenvalue weighted by atomic mass is 9.58. The van der Waals surface area contributed by atoms with Gasteiger partial charge in [0, 0.05) is 33.4 Å². The van der Waals surface area contributed by atoms with Crippen LogP contribution in [-0.4, -0.2) is 37.5 Å². The quantitative estimate of drug-likeness (QED) is 0.225. The molecule has 1 aromatic heterocycles. The van der Waals surface area contributed by atoms with Crippen LogP contribution in [0.4, 0.5) is 0 Å². The number of nitrogens with one attached hydrogen (secondary N) is 1. The molecule has 3 aromatic carbocycles. The summed E-state index contributed by atoms with van der Waals surface area (Å²) in [7, 11) is 0. The van der Waals surface area contributed by atoms with Crippen LogP contribution in [-0.2, 0) is 16.8 Å². The number of tetrazole rings is 1. The third-order valence-corrected chi connectivity index (χ3v) is 9.08. The number of carbonyl (C=O) groups excluding carboxylic acids is 1. The van der Waals surface area contributed by atoms with Crippen molar-refractivity contribution in [2.24, 2.45) is 5.41 Å². The topological polar surface area (TPSA) is 74.8 Å². The zero-order valence-electron chi connectivity index (χ0n) is 22.7. The molecule has 2 unspecified atom stereocenters. The number of halogens is 3. The van der Waals surface area contributed by atoms with Crippen LogP contribution in [0, 0.1) is 5.41 Å². The van der Waals surface area contributed by atoms with Crippen LogP contribution in [0.25, 0.3) is 0 Å². The molecule has 0 aliphatic carbocycles. The number of aromatic amines is 1. The van der Waals surface area contributed by atoms with Gasteiger partial charge in [-0.2, -0.15) is 5.21 Å². The molecule has 1 saturated heterocycles. The predicted octanol–water partition coefficient (Wildman–Crippen LogP) is 7.86. The summed E-state index contributed by atoms with van der Waals surface area (Å²) in [6.07, 6.45) is 2.45. The van der Waals surface area contributed by atoms with E-state index >= 15 is 4.79 Å². The summed E-state index contributed by atoms with van der Waals surface area (Å²) in [6, 6.07) is 23.7. The minimum atomic E-state index is -0.871. The molecule has 208 valence electrons. The molecular formula is C31H32Cl3N5O. The summed E-state index contributed by atoms with van der Waals surface area (Å²) in [5.41, 5.74) is 1.32. The molecule has 2 heterocycles. The van der Waals surface area contributed by atoms with E-state index in [-0.39, 0.29) is 17.9 Å². The molecule has 4 aromatic rings. The maximum absolute atomic E-state index is 15.0. The van der Waals surface area contributed by atoms with Crippen molar-refractivity contribution < 1.29 is 4.79 Å². The van der Waals surface area contributed by atoms with E-state index < -0.39 is 11.0 Å². The van der Waals surface area contributed by atoms with Gasteiger partial charge in [0.1, 0.15) is 5.54 Å². The second-order valence-corrected chi connectivity index (χ2v) is 12.1. The van der Waals surface area contributed by atoms with Gasteiger partial charge in [0.05, 0.1) is 5.41 Å². The van der Waals surface area contributed by atoms with Crippen LogP contribution in [0.5, 0.6) is 0 Å². The van der Waals surface area contributed by atoms with E-state index in [1.807, 2.05) is 73.7 Å². The number of rotatable bonds is 8. The van der Waals surface area contributed by atoms with Crippen molar-refractivity contribution in [3.8, 4) is 0 Å². The van der Waals surface area contributed by atoms with Gasteiger partial charge in [-0.3, -0.25) is 4.79 Å². The second kappa shape index (κ2) is 11.5. The van der Waals surface area contributed by atoms with Gasteiger partial charge in [0.2, 0.25) is 5.91 Å². The zero-order chi connectivity index (χ0) is 28.5. The van der Waals surface area contributed by atoms with E-state index in [2.05, 4.69) is 45.4 Å². The molecular weight excluding hydrogens is 565 g/mol. The van der Waals surface area contributed by atoms with E-state index in [9.17, 15) is 0 Å². The number of aromatic nitrogens is 4. The molecule has 5 rings (SSSR count). The van der Waals surface area contributed by atoms with Crippen LogP contribution < -0.4 is 0 Å². The maximum atomic E-state index is 15.0. The first-order valence-corrected chi connectivity index (χ1v) is 14.7. The summed E-state index contributed by atoms with van der Waals surface area (Å²) >= 11 is 19.4. The standard InChI is InChI=1S/C31H32Cl3N5O/c1-4-26(5-2)39-29(40)30(3,19-28-35-37-38-36-28)18-27(20-7-6-8-25(34)17-20)31(39,21-9-13-23(32)14-10-21)22-11-15-24(33)16-12-22/h6-17,26-27H,4-5,18-19H2,1-3H3,(H,35,36,37,38). The Labute approximate surface area is 250 Å². The fourth-order valence-electron chi connectivity index (χ4n) is 6.50. The number of H-pyrrole nitrogens is 1. The minimum Gasteiger partial charge on any atom is -0.325 e. The fourth-order valence-corrected chi connectivity index (χ4v) is 6.95. The Kier molecular flexibility index (Phi) is 8.23. The van der Waals surface area contributed by atoms with Crippen molar-refractivity contribution in [2.45, 2.75) is 64.0 Å². The van der Waals surface area contributed by atoms with Crippen LogP contribution in [0.15, 0.2) is 72.8 Å². The maximum Gasteiger partial charge on any atom is 0.230 e. The molecule has 9 heteroatoms. The SMILES string of the molecule is CCC(CC)N1C(=O)C(C)(Cc2nn[nH]n2)CC(c2cccc(Cl)c2)C1(c1ccc(Cl)cc1)c1ccc(Cl)cc1. The van der Waals surface area contributed by atoms with E-state index in [1.165, 1.54) is 0 Å². The van der Waals surface area contributed by atoms with Crippen molar-refractivity contribution in [1.29, 1.82) is 0 Å². The van der Waals surface area contributed by atoms with Crippen molar-refractivity contribution in [2.75, 3.05) is 0 Å². The Morgan fingerprint density at radius 2 is 1.52 bits per heavy atom. The first-order chi connectivity index (χ1) is 19.2. The molecule has 1 aliphatic rings. The molecule has 1 amide bonds. The van der Waals surface area contributed by atoms with Gasteiger partial charge in [0.25, 0.3) is 0 Å². The molecule has 0 bridgehead atoms. The Hall–Kier alpha value is -2.93. The van der Waals surface area contributed by atoms with Crippen molar-refractivity contribution in [3.05, 3.63) is 110 Å². The first kappa shape index (κ1) is 28.6. The molecule has 0 saturated carbocycles. The van der Waals surface area contributed by atoms with Crippen LogP contribution in [0.2, 0.25) is 15.1 Å². The number of nitrogens with zero attached hydrogens (tertiary/aromatic N) is 4. The largest absolute Gasteiger partial charge is 0.325 e. The summed E-state index contributed by atoms with van der Waals surface area (Å²) < 4.78 is 0. The van der Waals surface area contributed by atoms with Gasteiger partial charge < -0.3 is 4.90 Å². The van der Waals surface area contributed by atoms with Crippen molar-refractivity contribution >= 4 is 40.7 Å². The average Bonchev–Trinajstić information content (AvgIpc) is 3.45.